The first-order valence-corrected chi connectivity index (χ1v) is 8.80. The minimum Gasteiger partial charge on any atom is -0.350 e. The fourth-order valence-corrected chi connectivity index (χ4v) is 2.48. The summed E-state index contributed by atoms with van der Waals surface area (Å²) in [6, 6.07) is -0.666. The Kier molecular flexibility index (Phi) is 9.96. The number of hydrogen-bond acceptors (Lipinski definition) is 2. The van der Waals surface area contributed by atoms with Gasteiger partial charge in [0, 0.05) is 19.0 Å². The van der Waals surface area contributed by atoms with Crippen LogP contribution in [0.2, 0.25) is 0 Å². The van der Waals surface area contributed by atoms with Crippen LogP contribution in [-0.2, 0) is 11.8 Å². The van der Waals surface area contributed by atoms with Gasteiger partial charge in [-0.05, 0) is 37.5 Å². The summed E-state index contributed by atoms with van der Waals surface area (Å²) in [5.74, 6) is 0. The summed E-state index contributed by atoms with van der Waals surface area (Å²) in [6.07, 6.45) is 7.69. The van der Waals surface area contributed by atoms with Gasteiger partial charge in [0.2, 0.25) is 0 Å². The first-order chi connectivity index (χ1) is 8.48. The van der Waals surface area contributed by atoms with E-state index in [1.54, 1.807) is 6.21 Å². The van der Waals surface area contributed by atoms with Crippen LogP contribution in [0, 0.1) is 0 Å². The first-order valence-electron chi connectivity index (χ1n) is 5.97. The largest absolute Gasteiger partial charge is 0.350 e. The monoisotopic (exact) mass is 291 g/mol. The van der Waals surface area contributed by atoms with Gasteiger partial charge in [-0.1, -0.05) is 13.3 Å². The molecule has 104 valence electrons. The normalized spacial score (nSPS) is 15.2. The Morgan fingerprint density at radius 1 is 1.39 bits per heavy atom. The van der Waals surface area contributed by atoms with Crippen LogP contribution in [0.25, 0.3) is 0 Å². The number of hydrogen-bond donors (Lipinski definition) is 3. The molecule has 0 aliphatic heterocycles. The van der Waals surface area contributed by atoms with Gasteiger partial charge in [-0.2, -0.15) is 0 Å². The molecule has 0 aromatic rings. The molecule has 2 amide bonds. The average molecular weight is 291 g/mol. The maximum absolute atomic E-state index is 10.3. The Morgan fingerprint density at radius 2 is 2.06 bits per heavy atom. The predicted octanol–water partition coefficient (Wildman–Crippen LogP) is 1.95. The summed E-state index contributed by atoms with van der Waals surface area (Å²) in [6.45, 7) is 0.674. The highest BCUT2D eigenvalue weighted by Gasteiger charge is 2.04. The van der Waals surface area contributed by atoms with E-state index in [1.165, 1.54) is 6.21 Å². The second-order valence-electron chi connectivity index (χ2n) is 3.76. The van der Waals surface area contributed by atoms with Crippen molar-refractivity contribution in [3.8, 4) is 0 Å². The zero-order chi connectivity index (χ0) is 13.9. The van der Waals surface area contributed by atoms with E-state index in [0.717, 1.165) is 32.2 Å². The van der Waals surface area contributed by atoms with Crippen molar-refractivity contribution in [3.63, 3.8) is 0 Å². The van der Waals surface area contributed by atoms with Crippen LogP contribution in [0.5, 0.6) is 0 Å². The van der Waals surface area contributed by atoms with Gasteiger partial charge in [-0.25, -0.2) is 14.5 Å². The average Bonchev–Trinajstić information content (AvgIpc) is 2.27. The third-order valence-electron chi connectivity index (χ3n) is 2.01. The number of nitrogens with two attached hydrogens (primary N) is 2. The molecule has 0 spiro atoms. The molecule has 0 rings (SSSR count). The highest BCUT2D eigenvalue weighted by atomic mass is 32.4. The number of rotatable bonds is 9. The standard InChI is InChI=1S/C10H22N5OPS/c1-2-3-8-14-17(12,18)15-9-6-4-5-7-13-10(11)16/h7,9H,2-6,8H2,1H3,(H2,11,16)(H3,12,14,18)/b13-7+,15-9-. The van der Waals surface area contributed by atoms with Crippen LogP contribution >= 0.6 is 6.49 Å². The van der Waals surface area contributed by atoms with Crippen LogP contribution < -0.4 is 16.3 Å². The lowest BCUT2D eigenvalue weighted by molar-refractivity contribution is 0.257. The number of aliphatic imine (C=N–C) groups is 1. The van der Waals surface area contributed by atoms with E-state index in [0.29, 0.717) is 6.42 Å². The Bertz CT molecular complexity index is 345. The van der Waals surface area contributed by atoms with E-state index in [-0.39, 0.29) is 0 Å². The van der Waals surface area contributed by atoms with Crippen molar-refractivity contribution in [3.05, 3.63) is 0 Å². The molecule has 0 saturated carbocycles. The zero-order valence-corrected chi connectivity index (χ0v) is 12.4. The van der Waals surface area contributed by atoms with E-state index >= 15 is 0 Å². The number of carbonyl (C=O) groups is 1. The molecule has 0 aromatic heterocycles. The molecule has 0 fully saturated rings. The topological polar surface area (TPSA) is 106 Å². The molecule has 6 nitrogen and oxygen atoms in total. The highest BCUT2D eigenvalue weighted by Crippen LogP contribution is 2.32. The molecule has 18 heavy (non-hydrogen) atoms. The van der Waals surface area contributed by atoms with Gasteiger partial charge in [0.1, 0.15) is 0 Å². The minimum absolute atomic E-state index is 0.666. The second-order valence-corrected chi connectivity index (χ2v) is 7.23. The van der Waals surface area contributed by atoms with Crippen molar-refractivity contribution in [2.75, 3.05) is 6.54 Å². The fourth-order valence-electron chi connectivity index (χ4n) is 1.09. The maximum Gasteiger partial charge on any atom is 0.337 e. The minimum atomic E-state index is -2.25. The fraction of sp³-hybridized carbons (Fsp3) is 0.700. The third-order valence-corrected chi connectivity index (χ3v) is 3.86. The molecule has 1 unspecified atom stereocenters. The van der Waals surface area contributed by atoms with Crippen molar-refractivity contribution in [2.24, 2.45) is 21.0 Å². The molecule has 0 saturated heterocycles. The van der Waals surface area contributed by atoms with Gasteiger partial charge in [0.25, 0.3) is 0 Å². The van der Waals surface area contributed by atoms with Crippen molar-refractivity contribution in [2.45, 2.75) is 39.0 Å². The molecule has 0 heterocycles. The van der Waals surface area contributed by atoms with E-state index in [1.807, 2.05) is 0 Å². The third kappa shape index (κ3) is 11.9. The summed E-state index contributed by atoms with van der Waals surface area (Å²) in [5.41, 5.74) is 10.7. The van der Waals surface area contributed by atoms with Crippen LogP contribution in [0.1, 0.15) is 39.0 Å². The Labute approximate surface area is 113 Å². The molecule has 0 aliphatic rings. The van der Waals surface area contributed by atoms with Crippen molar-refractivity contribution in [1.82, 2.24) is 5.09 Å². The van der Waals surface area contributed by atoms with Crippen molar-refractivity contribution in [1.29, 1.82) is 0 Å². The van der Waals surface area contributed by atoms with Gasteiger partial charge in [0.05, 0.1) is 0 Å². The SMILES string of the molecule is CCCCNP(N)(=S)/N=C\CCC/C=N/C(N)=O. The summed E-state index contributed by atoms with van der Waals surface area (Å²) < 4.78 is 4.19. The Balaban J connectivity index is 3.73. The van der Waals surface area contributed by atoms with Crippen LogP contribution in [-0.4, -0.2) is 25.0 Å². The van der Waals surface area contributed by atoms with E-state index in [4.69, 9.17) is 23.0 Å². The number of amides is 2. The number of carbonyl (C=O) groups excluding carboxylic acids is 1. The van der Waals surface area contributed by atoms with Gasteiger partial charge >= 0.3 is 6.03 Å². The van der Waals surface area contributed by atoms with Crippen LogP contribution in [0.15, 0.2) is 9.76 Å². The molecule has 1 atom stereocenters. The summed E-state index contributed by atoms with van der Waals surface area (Å²) in [4.78, 5) is 13.7. The van der Waals surface area contributed by atoms with Gasteiger partial charge in [0.15, 0.2) is 6.49 Å². The molecule has 0 aromatic carbocycles. The molecule has 5 N–H and O–H groups in total. The quantitative estimate of drug-likeness (QED) is 0.343. The van der Waals surface area contributed by atoms with Crippen LogP contribution in [0.4, 0.5) is 4.79 Å². The molecule has 0 aliphatic carbocycles. The molecule has 0 bridgehead atoms. The van der Waals surface area contributed by atoms with Crippen molar-refractivity contribution >= 4 is 36.8 Å². The lowest BCUT2D eigenvalue weighted by Crippen LogP contribution is -2.15. The van der Waals surface area contributed by atoms with Crippen molar-refractivity contribution < 1.29 is 4.79 Å². The first kappa shape index (κ1) is 17.4. The lowest BCUT2D eigenvalue weighted by Gasteiger charge is -2.12. The molecular weight excluding hydrogens is 269 g/mol. The van der Waals surface area contributed by atoms with Gasteiger partial charge in [-0.3, -0.25) is 10.6 Å². The molecular formula is C10H22N5OPS. The maximum atomic E-state index is 10.3. The predicted molar refractivity (Wildman–Crippen MR) is 81.8 cm³/mol. The highest BCUT2D eigenvalue weighted by molar-refractivity contribution is 8.11. The second kappa shape index (κ2) is 10.3. The number of nitrogens with one attached hydrogen (secondary N) is 1. The smallest absolute Gasteiger partial charge is 0.337 e. The van der Waals surface area contributed by atoms with E-state index in [2.05, 4.69) is 21.8 Å². The number of nitrogens with zero attached hydrogens (tertiary/aromatic N) is 2. The number of urea groups is 1. The van der Waals surface area contributed by atoms with Gasteiger partial charge < -0.3 is 5.73 Å². The van der Waals surface area contributed by atoms with E-state index < -0.39 is 12.5 Å². The Hall–Kier alpha value is -0.620. The number of primary amides is 1. The van der Waals surface area contributed by atoms with E-state index in [9.17, 15) is 4.79 Å². The Morgan fingerprint density at radius 3 is 2.67 bits per heavy atom. The lowest BCUT2D eigenvalue weighted by atomic mass is 10.3. The van der Waals surface area contributed by atoms with Gasteiger partial charge in [-0.15, -0.1) is 0 Å². The number of unbranched alkanes of at least 4 members (excludes halogenated alkanes) is 3. The summed E-state index contributed by atoms with van der Waals surface area (Å²) in [7, 11) is 0. The summed E-state index contributed by atoms with van der Waals surface area (Å²) >= 11 is 5.18. The molecule has 8 heteroatoms. The summed E-state index contributed by atoms with van der Waals surface area (Å²) in [5, 5.41) is 3.10. The zero-order valence-electron chi connectivity index (χ0n) is 10.7. The molecule has 0 radical (unpaired) electrons. The van der Waals surface area contributed by atoms with Crippen LogP contribution in [0.3, 0.4) is 0 Å².